The van der Waals surface area contributed by atoms with Crippen molar-refractivity contribution >= 4 is 34.9 Å². The van der Waals surface area contributed by atoms with Gasteiger partial charge in [-0.15, -0.1) is 11.8 Å². The summed E-state index contributed by atoms with van der Waals surface area (Å²) < 4.78 is 0. The van der Waals surface area contributed by atoms with Gasteiger partial charge < -0.3 is 4.90 Å². The van der Waals surface area contributed by atoms with Crippen molar-refractivity contribution in [2.75, 3.05) is 5.75 Å². The molecule has 0 amide bonds. The van der Waals surface area contributed by atoms with Crippen molar-refractivity contribution in [1.29, 1.82) is 0 Å². The highest BCUT2D eigenvalue weighted by atomic mass is 35.5. The van der Waals surface area contributed by atoms with Gasteiger partial charge in [-0.25, -0.2) is 4.99 Å². The first-order chi connectivity index (χ1) is 9.83. The number of hydrogen-bond acceptors (Lipinski definition) is 3. The summed E-state index contributed by atoms with van der Waals surface area (Å²) in [5.74, 6) is 2.11. The number of benzene rings is 2. The molecule has 1 saturated heterocycles. The molecule has 0 aromatic heterocycles. The third kappa shape index (κ3) is 1.93. The first-order valence-corrected chi connectivity index (χ1v) is 8.04. The lowest BCUT2D eigenvalue weighted by Crippen LogP contribution is -2.30. The molecule has 4 heteroatoms. The number of amidine groups is 1. The standard InChI is InChI=1S/C16H13ClN2S/c17-13-7-3-2-6-12(13)16-19-9-11-5-1-4-8-14(11)18-15(19)10-20-16/h1-8,16H,9-10H2. The quantitative estimate of drug-likeness (QED) is 0.763. The van der Waals surface area contributed by atoms with E-state index < -0.39 is 0 Å². The number of halogens is 1. The van der Waals surface area contributed by atoms with Crippen molar-refractivity contribution in [3.05, 3.63) is 64.7 Å². The fourth-order valence-corrected chi connectivity index (χ4v) is 4.34. The van der Waals surface area contributed by atoms with Crippen LogP contribution in [0, 0.1) is 0 Å². The largest absolute Gasteiger partial charge is 0.339 e. The van der Waals surface area contributed by atoms with Gasteiger partial charge in [0.25, 0.3) is 0 Å². The van der Waals surface area contributed by atoms with Crippen molar-refractivity contribution in [2.24, 2.45) is 4.99 Å². The van der Waals surface area contributed by atoms with Crippen LogP contribution in [-0.2, 0) is 6.54 Å². The van der Waals surface area contributed by atoms with Gasteiger partial charge in [-0.05, 0) is 17.7 Å². The second-order valence-electron chi connectivity index (χ2n) is 4.97. The highest BCUT2D eigenvalue weighted by molar-refractivity contribution is 8.00. The van der Waals surface area contributed by atoms with Crippen molar-refractivity contribution in [2.45, 2.75) is 11.9 Å². The fraction of sp³-hybridized carbons (Fsp3) is 0.188. The SMILES string of the molecule is Clc1ccccc1C1SCC2=Nc3ccccc3CN21. The molecule has 2 aromatic rings. The van der Waals surface area contributed by atoms with Crippen LogP contribution in [0.3, 0.4) is 0 Å². The molecule has 1 atom stereocenters. The van der Waals surface area contributed by atoms with Gasteiger partial charge in [0.15, 0.2) is 0 Å². The maximum absolute atomic E-state index is 6.36. The average Bonchev–Trinajstić information content (AvgIpc) is 2.88. The van der Waals surface area contributed by atoms with E-state index in [1.807, 2.05) is 30.0 Å². The monoisotopic (exact) mass is 300 g/mol. The zero-order valence-corrected chi connectivity index (χ0v) is 12.4. The summed E-state index contributed by atoms with van der Waals surface area (Å²) in [6, 6.07) is 16.5. The molecule has 2 nitrogen and oxygen atoms in total. The molecule has 0 radical (unpaired) electrons. The van der Waals surface area contributed by atoms with Crippen LogP contribution in [0.15, 0.2) is 53.5 Å². The van der Waals surface area contributed by atoms with Crippen LogP contribution in [0.25, 0.3) is 0 Å². The fourth-order valence-electron chi connectivity index (χ4n) is 2.74. The van der Waals surface area contributed by atoms with E-state index in [0.717, 1.165) is 23.0 Å². The lowest BCUT2D eigenvalue weighted by molar-refractivity contribution is 0.400. The van der Waals surface area contributed by atoms with E-state index in [4.69, 9.17) is 16.6 Å². The van der Waals surface area contributed by atoms with E-state index in [1.54, 1.807) is 0 Å². The maximum Gasteiger partial charge on any atom is 0.116 e. The van der Waals surface area contributed by atoms with Crippen LogP contribution in [0.1, 0.15) is 16.5 Å². The Hall–Kier alpha value is -1.45. The minimum atomic E-state index is 0.274. The van der Waals surface area contributed by atoms with E-state index in [0.29, 0.717) is 0 Å². The average molecular weight is 301 g/mol. The highest BCUT2D eigenvalue weighted by Crippen LogP contribution is 2.45. The lowest BCUT2D eigenvalue weighted by Gasteiger charge is -2.30. The molecule has 2 aliphatic heterocycles. The Balaban J connectivity index is 1.74. The minimum absolute atomic E-state index is 0.274. The topological polar surface area (TPSA) is 15.6 Å². The summed E-state index contributed by atoms with van der Waals surface area (Å²) in [5, 5.41) is 1.11. The first-order valence-electron chi connectivity index (χ1n) is 6.61. The van der Waals surface area contributed by atoms with Crippen LogP contribution < -0.4 is 0 Å². The predicted molar refractivity (Wildman–Crippen MR) is 85.7 cm³/mol. The molecule has 2 aliphatic rings. The van der Waals surface area contributed by atoms with Gasteiger partial charge in [0, 0.05) is 17.1 Å². The van der Waals surface area contributed by atoms with Gasteiger partial charge in [0.05, 0.1) is 11.4 Å². The molecule has 1 fully saturated rings. The van der Waals surface area contributed by atoms with Crippen molar-refractivity contribution in [3.8, 4) is 0 Å². The number of hydrogen-bond donors (Lipinski definition) is 0. The van der Waals surface area contributed by atoms with Gasteiger partial charge in [-0.1, -0.05) is 48.0 Å². The maximum atomic E-state index is 6.36. The summed E-state index contributed by atoms with van der Waals surface area (Å²) in [6.45, 7) is 0.915. The van der Waals surface area contributed by atoms with Crippen LogP contribution in [0.5, 0.6) is 0 Å². The number of nitrogens with zero attached hydrogens (tertiary/aromatic N) is 2. The van der Waals surface area contributed by atoms with E-state index in [2.05, 4.69) is 35.2 Å². The van der Waals surface area contributed by atoms with E-state index in [9.17, 15) is 0 Å². The second-order valence-corrected chi connectivity index (χ2v) is 6.45. The molecular weight excluding hydrogens is 288 g/mol. The van der Waals surface area contributed by atoms with Gasteiger partial charge in [-0.2, -0.15) is 0 Å². The Bertz CT molecular complexity index is 698. The van der Waals surface area contributed by atoms with E-state index in [1.165, 1.54) is 17.0 Å². The number of para-hydroxylation sites is 1. The van der Waals surface area contributed by atoms with Gasteiger partial charge in [0.1, 0.15) is 11.2 Å². The molecule has 0 N–H and O–H groups in total. The normalized spacial score (nSPS) is 20.4. The number of aliphatic imine (C=N–C) groups is 1. The smallest absolute Gasteiger partial charge is 0.116 e. The van der Waals surface area contributed by atoms with Crippen LogP contribution in [-0.4, -0.2) is 16.5 Å². The molecule has 2 aromatic carbocycles. The molecule has 0 aliphatic carbocycles. The summed E-state index contributed by atoms with van der Waals surface area (Å²) >= 11 is 8.25. The van der Waals surface area contributed by atoms with Gasteiger partial charge in [-0.3, -0.25) is 0 Å². The van der Waals surface area contributed by atoms with E-state index in [-0.39, 0.29) is 5.37 Å². The Morgan fingerprint density at radius 2 is 1.90 bits per heavy atom. The van der Waals surface area contributed by atoms with Crippen molar-refractivity contribution in [3.63, 3.8) is 0 Å². The van der Waals surface area contributed by atoms with Crippen LogP contribution in [0.4, 0.5) is 5.69 Å². The minimum Gasteiger partial charge on any atom is -0.339 e. The number of thioether (sulfide) groups is 1. The third-order valence-electron chi connectivity index (χ3n) is 3.74. The second kappa shape index (κ2) is 4.83. The molecule has 0 bridgehead atoms. The molecule has 4 rings (SSSR count). The summed E-state index contributed by atoms with van der Waals surface area (Å²) in [6.07, 6.45) is 0. The molecule has 20 heavy (non-hydrogen) atoms. The van der Waals surface area contributed by atoms with Crippen molar-refractivity contribution < 1.29 is 0 Å². The summed E-state index contributed by atoms with van der Waals surface area (Å²) in [7, 11) is 0. The lowest BCUT2D eigenvalue weighted by atomic mass is 10.1. The highest BCUT2D eigenvalue weighted by Gasteiger charge is 2.34. The molecule has 1 unspecified atom stereocenters. The van der Waals surface area contributed by atoms with Crippen molar-refractivity contribution in [1.82, 2.24) is 4.90 Å². The Kier molecular flexibility index (Phi) is 2.97. The Morgan fingerprint density at radius 1 is 1.10 bits per heavy atom. The summed E-state index contributed by atoms with van der Waals surface area (Å²) in [4.78, 5) is 7.16. The van der Waals surface area contributed by atoms with E-state index >= 15 is 0 Å². The first kappa shape index (κ1) is 12.3. The van der Waals surface area contributed by atoms with Crippen LogP contribution in [0.2, 0.25) is 5.02 Å². The predicted octanol–water partition coefficient (Wildman–Crippen LogP) is 4.63. The van der Waals surface area contributed by atoms with Gasteiger partial charge in [0.2, 0.25) is 0 Å². The number of rotatable bonds is 1. The third-order valence-corrected chi connectivity index (χ3v) is 5.33. The zero-order chi connectivity index (χ0) is 13.5. The molecule has 0 saturated carbocycles. The Morgan fingerprint density at radius 3 is 2.80 bits per heavy atom. The molecule has 2 heterocycles. The molecular formula is C16H13ClN2S. The summed E-state index contributed by atoms with van der Waals surface area (Å²) in [5.41, 5.74) is 3.58. The number of fused-ring (bicyclic) bond motifs is 2. The molecule has 0 spiro atoms. The van der Waals surface area contributed by atoms with Gasteiger partial charge >= 0.3 is 0 Å². The van der Waals surface area contributed by atoms with Crippen LogP contribution >= 0.6 is 23.4 Å². The zero-order valence-electron chi connectivity index (χ0n) is 10.8. The Labute approximate surface area is 127 Å². The molecule has 100 valence electrons.